The fourth-order valence-corrected chi connectivity index (χ4v) is 8.08. The van der Waals surface area contributed by atoms with E-state index >= 15 is 0 Å². The number of hydrogen-bond donors (Lipinski definition) is 6. The molecule has 4 heterocycles. The topological polar surface area (TPSA) is 169 Å². The van der Waals surface area contributed by atoms with Gasteiger partial charge < -0.3 is 45.8 Å². The van der Waals surface area contributed by atoms with Crippen molar-refractivity contribution in [3.05, 3.63) is 82.8 Å². The number of aliphatic hydroxyl groups excluding tert-OH is 3. The maximum atomic E-state index is 12.8. The van der Waals surface area contributed by atoms with E-state index in [1.807, 2.05) is 55.7 Å². The molecule has 10 heteroatoms. The van der Waals surface area contributed by atoms with Gasteiger partial charge in [0.1, 0.15) is 18.0 Å². The normalized spacial score (nSPS) is 21.3. The first-order chi connectivity index (χ1) is 25.1. The predicted octanol–water partition coefficient (Wildman–Crippen LogP) is 5.44. The summed E-state index contributed by atoms with van der Waals surface area (Å²) in [4.78, 5) is 16.3. The summed E-state index contributed by atoms with van der Waals surface area (Å²) in [5.74, 6) is 10.6. The molecular formula is C42H48N4O6. The van der Waals surface area contributed by atoms with E-state index in [9.17, 15) is 20.1 Å². The van der Waals surface area contributed by atoms with Crippen LogP contribution in [0.15, 0.2) is 55.0 Å². The number of ketones is 1. The van der Waals surface area contributed by atoms with E-state index in [-0.39, 0.29) is 25.0 Å². The molecule has 1 aliphatic carbocycles. The Morgan fingerprint density at radius 3 is 2.67 bits per heavy atom. The summed E-state index contributed by atoms with van der Waals surface area (Å²) in [5.41, 5.74) is 16.8. The third-order valence-corrected chi connectivity index (χ3v) is 10.9. The standard InChI is InChI=1S/C42H48N4O6/c1-2-5-30(47)21-32(49)22-31(48)9-6-26-7-13-38-39(18-26)52-41-35(42(16-17-51-38)14-3-4-15-42)11-12-37(50)33-10-8-27(40(43)44)19-28(33)20-29-23-45-36-25-46(41)24-34(29)36/h7-8,10,13,18-19,23-25,30,32,35,37,40-41,45,47,49-50H,2-6,9,14-15,20-22,43-44H2,1H3/t30-,32+,35+,37-,41+/m0/s1. The maximum absolute atomic E-state index is 12.8. The van der Waals surface area contributed by atoms with E-state index in [1.54, 1.807) is 0 Å². The van der Waals surface area contributed by atoms with Gasteiger partial charge in [0.05, 0.1) is 35.2 Å². The number of aryl methyl sites for hydroxylation is 1. The molecule has 1 fully saturated rings. The Bertz CT molecular complexity index is 2050. The van der Waals surface area contributed by atoms with Gasteiger partial charge in [-0.2, -0.15) is 0 Å². The lowest BCUT2D eigenvalue weighted by atomic mass is 9.73. The van der Waals surface area contributed by atoms with Gasteiger partial charge in [0.15, 0.2) is 17.7 Å². The van der Waals surface area contributed by atoms with Gasteiger partial charge in [-0.15, -0.1) is 0 Å². The Morgan fingerprint density at radius 1 is 1.06 bits per heavy atom. The van der Waals surface area contributed by atoms with Gasteiger partial charge in [-0.05, 0) is 72.1 Å². The fourth-order valence-electron chi connectivity index (χ4n) is 8.08. The van der Waals surface area contributed by atoms with Crippen LogP contribution in [-0.2, 0) is 17.6 Å². The minimum atomic E-state index is -1.07. The highest BCUT2D eigenvalue weighted by molar-refractivity contribution is 5.83. The van der Waals surface area contributed by atoms with E-state index < -0.39 is 42.0 Å². The summed E-state index contributed by atoms with van der Waals surface area (Å²) < 4.78 is 15.1. The summed E-state index contributed by atoms with van der Waals surface area (Å²) in [5, 5.41) is 33.1. The molecule has 272 valence electrons. The molecule has 7 rings (SSSR count). The Morgan fingerprint density at radius 2 is 1.88 bits per heavy atom. The molecule has 1 saturated carbocycles. The average molecular weight is 705 g/mol. The van der Waals surface area contributed by atoms with E-state index in [0.29, 0.717) is 36.3 Å². The Kier molecular flexibility index (Phi) is 10.5. The van der Waals surface area contributed by atoms with Crippen molar-refractivity contribution in [3.63, 3.8) is 0 Å². The number of H-pyrrole nitrogens is 1. The van der Waals surface area contributed by atoms with Crippen LogP contribution >= 0.6 is 0 Å². The average Bonchev–Trinajstić information content (AvgIpc) is 3.85. The second kappa shape index (κ2) is 15.2. The van der Waals surface area contributed by atoms with Crippen molar-refractivity contribution in [2.75, 3.05) is 0 Å². The summed E-state index contributed by atoms with van der Waals surface area (Å²) in [6, 6.07) is 11.3. The van der Waals surface area contributed by atoms with Crippen LogP contribution in [0.4, 0.5) is 0 Å². The van der Waals surface area contributed by atoms with E-state index in [0.717, 1.165) is 65.3 Å². The van der Waals surface area contributed by atoms with Crippen molar-refractivity contribution in [1.29, 1.82) is 0 Å². The Hall–Kier alpha value is -4.55. The lowest BCUT2D eigenvalue weighted by molar-refractivity contribution is -0.121. The number of fused-ring (bicyclic) bond motifs is 6. The van der Waals surface area contributed by atoms with Crippen molar-refractivity contribution < 1.29 is 29.6 Å². The number of nitrogens with one attached hydrogen (secondary N) is 1. The third kappa shape index (κ3) is 7.50. The van der Waals surface area contributed by atoms with E-state index in [1.165, 1.54) is 0 Å². The number of benzene rings is 2. The lowest BCUT2D eigenvalue weighted by Crippen LogP contribution is -2.35. The Labute approximate surface area is 304 Å². The van der Waals surface area contributed by atoms with Gasteiger partial charge in [-0.3, -0.25) is 4.79 Å². The van der Waals surface area contributed by atoms with Crippen LogP contribution in [0.3, 0.4) is 0 Å². The highest BCUT2D eigenvalue weighted by Gasteiger charge is 2.46. The zero-order valence-corrected chi connectivity index (χ0v) is 29.6. The molecule has 0 amide bonds. The van der Waals surface area contributed by atoms with Gasteiger partial charge in [0, 0.05) is 43.2 Å². The van der Waals surface area contributed by atoms with E-state index in [2.05, 4.69) is 39.6 Å². The van der Waals surface area contributed by atoms with Crippen LogP contribution in [0.25, 0.3) is 10.9 Å². The first-order valence-corrected chi connectivity index (χ1v) is 18.5. The molecule has 4 aromatic rings. The molecule has 2 aromatic carbocycles. The van der Waals surface area contributed by atoms with Crippen molar-refractivity contribution >= 4 is 16.7 Å². The van der Waals surface area contributed by atoms with Gasteiger partial charge in [0.2, 0.25) is 0 Å². The van der Waals surface area contributed by atoms with Crippen molar-refractivity contribution in [2.24, 2.45) is 22.8 Å². The quantitative estimate of drug-likeness (QED) is 0.0938. The second-order valence-corrected chi connectivity index (χ2v) is 14.7. The highest BCUT2D eigenvalue weighted by Crippen LogP contribution is 2.50. The molecule has 52 heavy (non-hydrogen) atoms. The van der Waals surface area contributed by atoms with Crippen LogP contribution in [0, 0.1) is 35.2 Å². The van der Waals surface area contributed by atoms with Crippen LogP contribution in [0.2, 0.25) is 0 Å². The smallest absolute Gasteiger partial charge is 0.191 e. The molecule has 5 atom stereocenters. The molecule has 3 aliphatic rings. The number of aromatic amines is 1. The van der Waals surface area contributed by atoms with Crippen LogP contribution < -0.4 is 20.9 Å². The van der Waals surface area contributed by atoms with Gasteiger partial charge >= 0.3 is 0 Å². The molecule has 2 aromatic heterocycles. The summed E-state index contributed by atoms with van der Waals surface area (Å²) >= 11 is 0. The second-order valence-electron chi connectivity index (χ2n) is 14.7. The van der Waals surface area contributed by atoms with Crippen LogP contribution in [-0.4, -0.2) is 42.9 Å². The minimum absolute atomic E-state index is 0.00618. The monoisotopic (exact) mass is 704 g/mol. The molecule has 0 saturated heterocycles. The molecule has 1 spiro atoms. The number of nitrogens with zero attached hydrogens (tertiary/aromatic N) is 1. The van der Waals surface area contributed by atoms with E-state index in [4.69, 9.17) is 20.9 Å². The first-order valence-electron chi connectivity index (χ1n) is 18.5. The first kappa shape index (κ1) is 35.8. The van der Waals surface area contributed by atoms with Crippen molar-refractivity contribution in [2.45, 2.75) is 108 Å². The Balaban J connectivity index is 1.25. The number of aliphatic hydroxyl groups is 3. The fraction of sp³-hybridized carbons (Fsp3) is 0.452. The van der Waals surface area contributed by atoms with Crippen LogP contribution in [0.5, 0.6) is 11.5 Å². The summed E-state index contributed by atoms with van der Waals surface area (Å²) in [6.07, 6.45) is 11.8. The van der Waals surface area contributed by atoms with Crippen molar-refractivity contribution in [1.82, 2.24) is 9.55 Å². The predicted molar refractivity (Wildman–Crippen MR) is 198 cm³/mol. The summed E-state index contributed by atoms with van der Waals surface area (Å²) in [6.45, 7) is 1.97. The zero-order valence-electron chi connectivity index (χ0n) is 29.6. The van der Waals surface area contributed by atoms with Gasteiger partial charge in [0.25, 0.3) is 0 Å². The molecular weight excluding hydrogens is 656 g/mol. The molecule has 2 aliphatic heterocycles. The number of carbonyl (C=O) groups excluding carboxylic acids is 1. The highest BCUT2D eigenvalue weighted by atomic mass is 16.5. The zero-order chi connectivity index (χ0) is 36.4. The number of nitrogens with two attached hydrogens (primary N) is 2. The maximum Gasteiger partial charge on any atom is 0.191 e. The molecule has 0 radical (unpaired) electrons. The number of rotatable bonds is 10. The minimum Gasteiger partial charge on any atom is -0.465 e. The lowest BCUT2D eigenvalue weighted by Gasteiger charge is -2.35. The number of Topliss-reactive ketones (excluding diaryl/α,β-unsaturated/α-hetero) is 1. The number of aromatic nitrogens is 2. The van der Waals surface area contributed by atoms with Gasteiger partial charge in [-0.1, -0.05) is 68.2 Å². The molecule has 8 N–H and O–H groups in total. The summed E-state index contributed by atoms with van der Waals surface area (Å²) in [7, 11) is 0. The van der Waals surface area contributed by atoms with Crippen LogP contribution in [0.1, 0.15) is 111 Å². The molecule has 0 unspecified atom stereocenters. The van der Waals surface area contributed by atoms with Crippen molar-refractivity contribution in [3.8, 4) is 35.4 Å². The number of ether oxygens (including phenoxy) is 2. The number of carbonyl (C=O) groups is 1. The molecule has 2 bridgehead atoms. The number of hydrogen-bond acceptors (Lipinski definition) is 8. The third-order valence-electron chi connectivity index (χ3n) is 10.9. The molecule has 10 nitrogen and oxygen atoms in total. The SMILES string of the molecule is CCC[C@H](O)C[C@@H](O)CC(=O)CCc1ccc2c(c1)O[C@@H]1[C@@H](C#C[C@H](O)c3ccc(C(N)N)cc3Cc3c[nH]c4cn1cc34)C1(C#CO2)CCCC1. The van der Waals surface area contributed by atoms with Gasteiger partial charge in [-0.25, -0.2) is 0 Å². The largest absolute Gasteiger partial charge is 0.465 e.